The first-order chi connectivity index (χ1) is 11.7. The number of H-pyrrole nitrogens is 1. The van der Waals surface area contributed by atoms with Crippen LogP contribution in [0.1, 0.15) is 33.7 Å². The van der Waals surface area contributed by atoms with E-state index in [4.69, 9.17) is 0 Å². The number of aryl methyl sites for hydroxylation is 1. The van der Waals surface area contributed by atoms with Gasteiger partial charge in [-0.25, -0.2) is 9.97 Å². The second-order valence-electron chi connectivity index (χ2n) is 5.83. The Balaban J connectivity index is 1.67. The predicted octanol–water partition coefficient (Wildman–Crippen LogP) is 2.29. The summed E-state index contributed by atoms with van der Waals surface area (Å²) in [6.07, 6.45) is 6.35. The lowest BCUT2D eigenvalue weighted by atomic mass is 9.96. The van der Waals surface area contributed by atoms with Gasteiger partial charge in [0.05, 0.1) is 29.1 Å². The zero-order valence-electron chi connectivity index (χ0n) is 13.3. The maximum atomic E-state index is 12.9. The summed E-state index contributed by atoms with van der Waals surface area (Å²) in [6, 6.07) is 3.69. The van der Waals surface area contributed by atoms with Crippen molar-refractivity contribution in [2.24, 2.45) is 0 Å². The third-order valence-corrected chi connectivity index (χ3v) is 5.07. The van der Waals surface area contributed by atoms with E-state index in [9.17, 15) is 4.79 Å². The Labute approximate surface area is 143 Å². The molecular weight excluding hydrogens is 322 g/mol. The van der Waals surface area contributed by atoms with Crippen LogP contribution in [0, 0.1) is 6.92 Å². The first-order valence-corrected chi connectivity index (χ1v) is 8.73. The molecule has 0 saturated heterocycles. The minimum Gasteiger partial charge on any atom is -0.348 e. The molecule has 0 bridgehead atoms. The number of rotatable bonds is 3. The summed E-state index contributed by atoms with van der Waals surface area (Å²) >= 11 is 1.57. The maximum absolute atomic E-state index is 12.9. The molecule has 7 heteroatoms. The molecule has 1 atom stereocenters. The number of amides is 1. The second-order valence-corrected chi connectivity index (χ2v) is 6.89. The van der Waals surface area contributed by atoms with Gasteiger partial charge in [0.15, 0.2) is 0 Å². The van der Waals surface area contributed by atoms with Crippen LogP contribution in [-0.4, -0.2) is 37.3 Å². The molecule has 122 valence electrons. The predicted molar refractivity (Wildman–Crippen MR) is 90.6 cm³/mol. The Kier molecular flexibility index (Phi) is 3.86. The number of imidazole rings is 1. The van der Waals surface area contributed by atoms with E-state index < -0.39 is 0 Å². The molecule has 24 heavy (non-hydrogen) atoms. The quantitative estimate of drug-likeness (QED) is 0.794. The summed E-state index contributed by atoms with van der Waals surface area (Å²) < 4.78 is 0. The van der Waals surface area contributed by atoms with Gasteiger partial charge in [-0.2, -0.15) is 0 Å². The highest BCUT2D eigenvalue weighted by Crippen LogP contribution is 2.33. The number of aromatic amines is 1. The van der Waals surface area contributed by atoms with E-state index in [2.05, 4.69) is 19.9 Å². The van der Waals surface area contributed by atoms with Crippen LogP contribution in [-0.2, 0) is 17.6 Å². The lowest BCUT2D eigenvalue weighted by Gasteiger charge is -2.35. The van der Waals surface area contributed by atoms with Crippen LogP contribution in [0.25, 0.3) is 0 Å². The van der Waals surface area contributed by atoms with Gasteiger partial charge in [0.1, 0.15) is 6.04 Å². The summed E-state index contributed by atoms with van der Waals surface area (Å²) in [7, 11) is 0. The largest absolute Gasteiger partial charge is 0.348 e. The van der Waals surface area contributed by atoms with Crippen molar-refractivity contribution in [3.05, 3.63) is 63.9 Å². The van der Waals surface area contributed by atoms with Crippen LogP contribution in [0.3, 0.4) is 0 Å². The molecule has 3 aromatic rings. The summed E-state index contributed by atoms with van der Waals surface area (Å²) in [5.74, 6) is 0.0720. The zero-order valence-corrected chi connectivity index (χ0v) is 14.1. The van der Waals surface area contributed by atoms with Gasteiger partial charge in [-0.3, -0.25) is 9.78 Å². The minimum atomic E-state index is -0.194. The fourth-order valence-electron chi connectivity index (χ4n) is 3.17. The molecule has 1 amide bonds. The van der Waals surface area contributed by atoms with Crippen molar-refractivity contribution in [2.75, 3.05) is 6.54 Å². The van der Waals surface area contributed by atoms with Gasteiger partial charge in [0, 0.05) is 36.4 Å². The topological polar surface area (TPSA) is 74.8 Å². The standard InChI is InChI=1S/C17H17N5OS/c1-11-21-13(9-24-11)7-15(23)22-6-4-14-16(20-10-19-14)17(22)12-3-2-5-18-8-12/h2-3,5,8-10,17H,4,6-7H2,1H3,(H,19,20). The van der Waals surface area contributed by atoms with Gasteiger partial charge in [-0.05, 0) is 18.6 Å². The highest BCUT2D eigenvalue weighted by atomic mass is 32.1. The zero-order chi connectivity index (χ0) is 16.5. The lowest BCUT2D eigenvalue weighted by Crippen LogP contribution is -2.41. The number of carbonyl (C=O) groups is 1. The number of hydrogen-bond donors (Lipinski definition) is 1. The van der Waals surface area contributed by atoms with Crippen LogP contribution in [0.4, 0.5) is 0 Å². The van der Waals surface area contributed by atoms with Crippen LogP contribution in [0.15, 0.2) is 36.2 Å². The number of fused-ring (bicyclic) bond motifs is 1. The fourth-order valence-corrected chi connectivity index (χ4v) is 3.78. The smallest absolute Gasteiger partial charge is 0.229 e. The number of pyridine rings is 1. The molecule has 1 N–H and O–H groups in total. The van der Waals surface area contributed by atoms with Gasteiger partial charge in [-0.15, -0.1) is 11.3 Å². The monoisotopic (exact) mass is 339 g/mol. The second kappa shape index (κ2) is 6.16. The van der Waals surface area contributed by atoms with Crippen LogP contribution >= 0.6 is 11.3 Å². The minimum absolute atomic E-state index is 0.0720. The summed E-state index contributed by atoms with van der Waals surface area (Å²) in [4.78, 5) is 31.1. The van der Waals surface area contributed by atoms with Gasteiger partial charge in [0.2, 0.25) is 5.91 Å². The van der Waals surface area contributed by atoms with Crippen molar-refractivity contribution < 1.29 is 4.79 Å². The van der Waals surface area contributed by atoms with E-state index in [-0.39, 0.29) is 11.9 Å². The Morgan fingerprint density at radius 3 is 3.17 bits per heavy atom. The number of thiazole rings is 1. The van der Waals surface area contributed by atoms with E-state index in [1.54, 1.807) is 23.9 Å². The molecule has 4 heterocycles. The third kappa shape index (κ3) is 2.71. The molecule has 6 nitrogen and oxygen atoms in total. The van der Waals surface area contributed by atoms with Crippen LogP contribution in [0.2, 0.25) is 0 Å². The normalized spacial score (nSPS) is 16.9. The van der Waals surface area contributed by atoms with Gasteiger partial charge in [-0.1, -0.05) is 6.07 Å². The van der Waals surface area contributed by atoms with Crippen LogP contribution < -0.4 is 0 Å². The molecule has 4 rings (SSSR count). The maximum Gasteiger partial charge on any atom is 0.229 e. The highest BCUT2D eigenvalue weighted by Gasteiger charge is 2.34. The summed E-state index contributed by atoms with van der Waals surface area (Å²) in [5, 5.41) is 2.94. The molecule has 0 fully saturated rings. The Hall–Kier alpha value is -2.54. The molecule has 0 saturated carbocycles. The molecular formula is C17H17N5OS. The highest BCUT2D eigenvalue weighted by molar-refractivity contribution is 7.09. The van der Waals surface area contributed by atoms with E-state index in [0.29, 0.717) is 13.0 Å². The average Bonchev–Trinajstić information content (AvgIpc) is 3.23. The van der Waals surface area contributed by atoms with Crippen LogP contribution in [0.5, 0.6) is 0 Å². The summed E-state index contributed by atoms with van der Waals surface area (Å²) in [6.45, 7) is 2.62. The first kappa shape index (κ1) is 15.0. The van der Waals surface area contributed by atoms with E-state index in [0.717, 1.165) is 34.1 Å². The van der Waals surface area contributed by atoms with Gasteiger partial charge in [0.25, 0.3) is 0 Å². The molecule has 0 spiro atoms. The molecule has 1 aliphatic rings. The number of carbonyl (C=O) groups excluding carboxylic acids is 1. The van der Waals surface area contributed by atoms with Crippen molar-refractivity contribution in [3.63, 3.8) is 0 Å². The SMILES string of the molecule is Cc1nc(CC(=O)N2CCc3[nH]cnc3C2c2cccnc2)cs1. The molecule has 1 aliphatic heterocycles. The molecule has 0 aromatic carbocycles. The van der Waals surface area contributed by atoms with Gasteiger partial charge >= 0.3 is 0 Å². The lowest BCUT2D eigenvalue weighted by molar-refractivity contribution is -0.132. The Bertz CT molecular complexity index is 857. The number of hydrogen-bond acceptors (Lipinski definition) is 5. The van der Waals surface area contributed by atoms with Crippen molar-refractivity contribution in [1.29, 1.82) is 0 Å². The van der Waals surface area contributed by atoms with Gasteiger partial charge < -0.3 is 9.88 Å². The molecule has 3 aromatic heterocycles. The fraction of sp³-hybridized carbons (Fsp3) is 0.294. The molecule has 0 radical (unpaired) electrons. The summed E-state index contributed by atoms with van der Waals surface area (Å²) in [5.41, 5.74) is 3.82. The van der Waals surface area contributed by atoms with Crippen molar-refractivity contribution in [3.8, 4) is 0 Å². The van der Waals surface area contributed by atoms with Crippen molar-refractivity contribution >= 4 is 17.2 Å². The van der Waals surface area contributed by atoms with E-state index in [1.165, 1.54) is 0 Å². The van der Waals surface area contributed by atoms with E-state index >= 15 is 0 Å². The van der Waals surface area contributed by atoms with E-state index in [1.807, 2.05) is 35.5 Å². The molecule has 1 unspecified atom stereocenters. The number of nitrogens with zero attached hydrogens (tertiary/aromatic N) is 4. The average molecular weight is 339 g/mol. The third-order valence-electron chi connectivity index (χ3n) is 4.24. The Morgan fingerprint density at radius 1 is 1.50 bits per heavy atom. The Morgan fingerprint density at radius 2 is 2.42 bits per heavy atom. The molecule has 0 aliphatic carbocycles. The first-order valence-electron chi connectivity index (χ1n) is 7.85. The number of aromatic nitrogens is 4. The van der Waals surface area contributed by atoms with Crippen molar-refractivity contribution in [1.82, 2.24) is 24.8 Å². The number of nitrogens with one attached hydrogen (secondary N) is 1. The van der Waals surface area contributed by atoms with Crippen molar-refractivity contribution in [2.45, 2.75) is 25.8 Å².